The van der Waals surface area contributed by atoms with Crippen LogP contribution in [0.15, 0.2) is 29.3 Å². The minimum absolute atomic E-state index is 0. The molecule has 0 bridgehead atoms. The zero-order chi connectivity index (χ0) is 20.2. The van der Waals surface area contributed by atoms with E-state index in [1.54, 1.807) is 7.11 Å². The molecule has 2 unspecified atom stereocenters. The smallest absolute Gasteiger partial charge is 0.191 e. The molecule has 2 atom stereocenters. The quantitative estimate of drug-likeness (QED) is 0.251. The van der Waals surface area contributed by atoms with Crippen molar-refractivity contribution in [2.45, 2.75) is 52.0 Å². The van der Waals surface area contributed by atoms with Crippen molar-refractivity contribution in [3.8, 4) is 5.75 Å². The summed E-state index contributed by atoms with van der Waals surface area (Å²) in [4.78, 5) is 7.23. The first kappa shape index (κ1) is 25.8. The third-order valence-corrected chi connectivity index (χ3v) is 5.27. The summed E-state index contributed by atoms with van der Waals surface area (Å²) in [5.74, 6) is 2.23. The van der Waals surface area contributed by atoms with Crippen molar-refractivity contribution in [2.75, 3.05) is 44.8 Å². The summed E-state index contributed by atoms with van der Waals surface area (Å²) in [6, 6.07) is 8.64. The predicted molar refractivity (Wildman–Crippen MR) is 133 cm³/mol. The highest BCUT2D eigenvalue weighted by molar-refractivity contribution is 14.0. The molecule has 0 spiro atoms. The van der Waals surface area contributed by atoms with Gasteiger partial charge in [0.25, 0.3) is 0 Å². The van der Waals surface area contributed by atoms with Crippen LogP contribution in [-0.2, 0) is 0 Å². The van der Waals surface area contributed by atoms with Crippen molar-refractivity contribution in [3.05, 3.63) is 24.3 Å². The molecule has 0 aliphatic carbocycles. The molecule has 1 aromatic carbocycles. The minimum Gasteiger partial charge on any atom is -0.497 e. The highest BCUT2D eigenvalue weighted by atomic mass is 127. The maximum absolute atomic E-state index is 9.27. The lowest BCUT2D eigenvalue weighted by Crippen LogP contribution is -2.51. The Balaban J connectivity index is 0.00000420. The normalized spacial score (nSPS) is 18.0. The molecule has 166 valence electrons. The van der Waals surface area contributed by atoms with Crippen molar-refractivity contribution < 1.29 is 9.84 Å². The van der Waals surface area contributed by atoms with Gasteiger partial charge in [0.2, 0.25) is 0 Å². The summed E-state index contributed by atoms with van der Waals surface area (Å²) < 4.78 is 5.37. The summed E-state index contributed by atoms with van der Waals surface area (Å²) >= 11 is 0. The molecular formula is C22H39IN4O2. The number of aliphatic imine (C=N–C) groups is 1. The Hall–Kier alpha value is -1.22. The summed E-state index contributed by atoms with van der Waals surface area (Å²) in [6.07, 6.45) is 5.35. The molecule has 0 aromatic heterocycles. The number of hydrogen-bond donors (Lipinski definition) is 3. The van der Waals surface area contributed by atoms with Crippen LogP contribution in [0.5, 0.6) is 5.75 Å². The number of hydrogen-bond acceptors (Lipinski definition) is 4. The monoisotopic (exact) mass is 518 g/mol. The number of aliphatic hydroxyl groups excluding tert-OH is 1. The standard InChI is InChI=1S/C22H38N4O2.HI/c1-4-8-18(12-14-27)16-24-22(23-5-2)25-19-9-7-13-26(17-19)20-10-6-11-21(15-20)28-3;/h6,10-11,15,18-19,27H,4-5,7-9,12-14,16-17H2,1-3H3,(H2,23,24,25);1H. The lowest BCUT2D eigenvalue weighted by Gasteiger charge is -2.35. The summed E-state index contributed by atoms with van der Waals surface area (Å²) in [6.45, 7) is 8.14. The van der Waals surface area contributed by atoms with Crippen molar-refractivity contribution in [1.29, 1.82) is 0 Å². The number of piperidine rings is 1. The van der Waals surface area contributed by atoms with Crippen LogP contribution in [0.2, 0.25) is 0 Å². The molecular weight excluding hydrogens is 479 g/mol. The van der Waals surface area contributed by atoms with E-state index in [4.69, 9.17) is 9.73 Å². The van der Waals surface area contributed by atoms with Gasteiger partial charge in [-0.15, -0.1) is 24.0 Å². The molecule has 1 saturated heterocycles. The number of ether oxygens (including phenoxy) is 1. The maximum Gasteiger partial charge on any atom is 0.191 e. The van der Waals surface area contributed by atoms with Crippen molar-refractivity contribution in [1.82, 2.24) is 10.6 Å². The number of rotatable bonds is 10. The van der Waals surface area contributed by atoms with Gasteiger partial charge in [-0.25, -0.2) is 0 Å². The molecule has 7 heteroatoms. The fraction of sp³-hybridized carbons (Fsp3) is 0.682. The van der Waals surface area contributed by atoms with E-state index in [-0.39, 0.29) is 30.6 Å². The summed E-state index contributed by atoms with van der Waals surface area (Å²) in [5.41, 5.74) is 1.21. The average molecular weight is 518 g/mol. The van der Waals surface area contributed by atoms with E-state index in [9.17, 15) is 5.11 Å². The molecule has 0 radical (unpaired) electrons. The van der Waals surface area contributed by atoms with Gasteiger partial charge >= 0.3 is 0 Å². The molecule has 3 N–H and O–H groups in total. The maximum atomic E-state index is 9.27. The molecule has 2 rings (SSSR count). The zero-order valence-electron chi connectivity index (χ0n) is 18.2. The van der Waals surface area contributed by atoms with E-state index in [2.05, 4.69) is 41.5 Å². The molecule has 0 saturated carbocycles. The second-order valence-corrected chi connectivity index (χ2v) is 7.52. The fourth-order valence-corrected chi connectivity index (χ4v) is 3.79. The molecule has 1 heterocycles. The van der Waals surface area contributed by atoms with Gasteiger partial charge in [0, 0.05) is 50.6 Å². The molecule has 1 aromatic rings. The largest absolute Gasteiger partial charge is 0.497 e. The highest BCUT2D eigenvalue weighted by Crippen LogP contribution is 2.24. The Bertz CT molecular complexity index is 594. The second kappa shape index (κ2) is 14.7. The number of aliphatic hydroxyl groups is 1. The molecule has 1 fully saturated rings. The van der Waals surface area contributed by atoms with E-state index < -0.39 is 0 Å². The molecule has 1 aliphatic heterocycles. The van der Waals surface area contributed by atoms with Crippen molar-refractivity contribution in [3.63, 3.8) is 0 Å². The Morgan fingerprint density at radius 2 is 2.17 bits per heavy atom. The number of nitrogens with one attached hydrogen (secondary N) is 2. The SMILES string of the molecule is CCCC(CCO)CN=C(NCC)NC1CCCN(c2cccc(OC)c2)C1.I. The first-order valence-electron chi connectivity index (χ1n) is 10.7. The van der Waals surface area contributed by atoms with Gasteiger partial charge in [-0.2, -0.15) is 0 Å². The summed E-state index contributed by atoms with van der Waals surface area (Å²) in [7, 11) is 1.71. The Labute approximate surface area is 193 Å². The van der Waals surface area contributed by atoms with E-state index in [1.165, 1.54) is 5.69 Å². The van der Waals surface area contributed by atoms with Crippen molar-refractivity contribution in [2.24, 2.45) is 10.9 Å². The van der Waals surface area contributed by atoms with Crippen molar-refractivity contribution >= 4 is 35.6 Å². The first-order chi connectivity index (χ1) is 13.7. The van der Waals surface area contributed by atoms with Crippen LogP contribution in [-0.4, -0.2) is 57.0 Å². The average Bonchev–Trinajstić information content (AvgIpc) is 2.72. The molecule has 6 nitrogen and oxygen atoms in total. The molecule has 29 heavy (non-hydrogen) atoms. The van der Waals surface area contributed by atoms with Crippen LogP contribution in [0.4, 0.5) is 5.69 Å². The van der Waals surface area contributed by atoms with E-state index >= 15 is 0 Å². The number of anilines is 1. The lowest BCUT2D eigenvalue weighted by molar-refractivity contribution is 0.253. The molecule has 1 aliphatic rings. The van der Waals surface area contributed by atoms with Crippen LogP contribution < -0.4 is 20.3 Å². The van der Waals surface area contributed by atoms with Gasteiger partial charge < -0.3 is 25.4 Å². The number of guanidine groups is 1. The Morgan fingerprint density at radius 3 is 2.86 bits per heavy atom. The van der Waals surface area contributed by atoms with Gasteiger partial charge in [-0.05, 0) is 50.7 Å². The minimum atomic E-state index is 0. The van der Waals surface area contributed by atoms with Crippen LogP contribution in [0.1, 0.15) is 46.0 Å². The highest BCUT2D eigenvalue weighted by Gasteiger charge is 2.21. The van der Waals surface area contributed by atoms with E-state index in [1.807, 2.05) is 12.1 Å². The summed E-state index contributed by atoms with van der Waals surface area (Å²) in [5, 5.41) is 16.3. The van der Waals surface area contributed by atoms with Gasteiger partial charge in [-0.1, -0.05) is 19.4 Å². The van der Waals surface area contributed by atoms with Gasteiger partial charge in [0.15, 0.2) is 5.96 Å². The number of benzene rings is 1. The lowest BCUT2D eigenvalue weighted by atomic mass is 10.0. The number of methoxy groups -OCH3 is 1. The Kier molecular flexibility index (Phi) is 13.1. The van der Waals surface area contributed by atoms with Gasteiger partial charge in [-0.3, -0.25) is 4.99 Å². The third-order valence-electron chi connectivity index (χ3n) is 5.27. The van der Waals surface area contributed by atoms with Gasteiger partial charge in [0.1, 0.15) is 5.75 Å². The third kappa shape index (κ3) is 8.99. The van der Waals surface area contributed by atoms with Crippen LogP contribution >= 0.6 is 24.0 Å². The molecule has 0 amide bonds. The van der Waals surface area contributed by atoms with Gasteiger partial charge in [0.05, 0.1) is 7.11 Å². The number of halogens is 1. The van der Waals surface area contributed by atoms with Crippen LogP contribution in [0.3, 0.4) is 0 Å². The first-order valence-corrected chi connectivity index (χ1v) is 10.7. The number of nitrogens with zero attached hydrogens (tertiary/aromatic N) is 2. The second-order valence-electron chi connectivity index (χ2n) is 7.52. The fourth-order valence-electron chi connectivity index (χ4n) is 3.79. The van der Waals surface area contributed by atoms with Crippen LogP contribution in [0, 0.1) is 5.92 Å². The predicted octanol–water partition coefficient (Wildman–Crippen LogP) is 3.64. The van der Waals surface area contributed by atoms with E-state index in [0.717, 1.165) is 70.0 Å². The van der Waals surface area contributed by atoms with E-state index in [0.29, 0.717) is 12.0 Å². The zero-order valence-corrected chi connectivity index (χ0v) is 20.5. The topological polar surface area (TPSA) is 69.1 Å². The Morgan fingerprint density at radius 1 is 1.34 bits per heavy atom. The van der Waals surface area contributed by atoms with Crippen LogP contribution in [0.25, 0.3) is 0 Å².